The highest BCUT2D eigenvalue weighted by Gasteiger charge is 2.11. The Morgan fingerprint density at radius 1 is 1.10 bits per heavy atom. The maximum Gasteiger partial charge on any atom is 0.127 e. The molecule has 2 N–H and O–H groups in total. The van der Waals surface area contributed by atoms with E-state index in [-0.39, 0.29) is 11.9 Å². The highest BCUT2D eigenvalue weighted by molar-refractivity contribution is 6.31. The predicted molar refractivity (Wildman–Crippen MR) is 85.7 cm³/mol. The van der Waals surface area contributed by atoms with Crippen LogP contribution in [0.5, 0.6) is 0 Å². The fraction of sp³-hybridized carbons (Fsp3) is 0.647. The zero-order valence-corrected chi connectivity index (χ0v) is 13.3. The molecule has 3 heteroatoms. The van der Waals surface area contributed by atoms with Crippen LogP contribution >= 0.6 is 11.6 Å². The molecule has 1 aromatic rings. The largest absolute Gasteiger partial charge is 0.327 e. The molecule has 1 aromatic carbocycles. The fourth-order valence-electron chi connectivity index (χ4n) is 2.46. The Kier molecular flexibility index (Phi) is 8.88. The molecule has 0 amide bonds. The van der Waals surface area contributed by atoms with Crippen LogP contribution < -0.4 is 5.73 Å². The Morgan fingerprint density at radius 3 is 2.40 bits per heavy atom. The SMILES string of the molecule is CCCCCCCCCC(N)Cc1c(F)cccc1Cl. The van der Waals surface area contributed by atoms with Crippen LogP contribution in [0.25, 0.3) is 0 Å². The molecule has 1 atom stereocenters. The van der Waals surface area contributed by atoms with Crippen molar-refractivity contribution in [2.45, 2.75) is 70.8 Å². The van der Waals surface area contributed by atoms with Crippen molar-refractivity contribution in [3.63, 3.8) is 0 Å². The summed E-state index contributed by atoms with van der Waals surface area (Å²) < 4.78 is 13.6. The van der Waals surface area contributed by atoms with Crippen LogP contribution in [0.4, 0.5) is 4.39 Å². The van der Waals surface area contributed by atoms with Gasteiger partial charge in [-0.3, -0.25) is 0 Å². The molecule has 20 heavy (non-hydrogen) atoms. The maximum atomic E-state index is 13.6. The minimum atomic E-state index is -0.243. The van der Waals surface area contributed by atoms with E-state index in [9.17, 15) is 4.39 Å². The monoisotopic (exact) mass is 299 g/mol. The van der Waals surface area contributed by atoms with E-state index in [2.05, 4.69) is 6.92 Å². The lowest BCUT2D eigenvalue weighted by molar-refractivity contribution is 0.518. The quantitative estimate of drug-likeness (QED) is 0.568. The topological polar surface area (TPSA) is 26.0 Å². The number of benzene rings is 1. The van der Waals surface area contributed by atoms with Crippen molar-refractivity contribution < 1.29 is 4.39 Å². The molecule has 0 fully saturated rings. The van der Waals surface area contributed by atoms with Gasteiger partial charge in [-0.15, -0.1) is 0 Å². The van der Waals surface area contributed by atoms with Gasteiger partial charge in [0.1, 0.15) is 5.82 Å². The Balaban J connectivity index is 2.19. The number of halogens is 2. The highest BCUT2D eigenvalue weighted by atomic mass is 35.5. The Morgan fingerprint density at radius 2 is 1.75 bits per heavy atom. The summed E-state index contributed by atoms with van der Waals surface area (Å²) in [4.78, 5) is 0. The van der Waals surface area contributed by atoms with E-state index in [1.54, 1.807) is 12.1 Å². The molecule has 0 heterocycles. The molecule has 0 saturated heterocycles. The van der Waals surface area contributed by atoms with Crippen molar-refractivity contribution in [1.82, 2.24) is 0 Å². The Hall–Kier alpha value is -0.600. The lowest BCUT2D eigenvalue weighted by Gasteiger charge is -2.13. The smallest absolute Gasteiger partial charge is 0.127 e. The van der Waals surface area contributed by atoms with Gasteiger partial charge in [0.25, 0.3) is 0 Å². The molecule has 0 aliphatic heterocycles. The average Bonchev–Trinajstić information content (AvgIpc) is 2.42. The minimum Gasteiger partial charge on any atom is -0.327 e. The van der Waals surface area contributed by atoms with E-state index in [1.165, 1.54) is 44.6 Å². The first-order valence-electron chi connectivity index (χ1n) is 7.83. The lowest BCUT2D eigenvalue weighted by atomic mass is 10.00. The van der Waals surface area contributed by atoms with E-state index in [4.69, 9.17) is 17.3 Å². The second-order valence-electron chi connectivity index (χ2n) is 5.57. The van der Waals surface area contributed by atoms with Gasteiger partial charge >= 0.3 is 0 Å². The summed E-state index contributed by atoms with van der Waals surface area (Å²) in [5.41, 5.74) is 6.64. The molecule has 0 bridgehead atoms. The van der Waals surface area contributed by atoms with Gasteiger partial charge in [0.05, 0.1) is 0 Å². The van der Waals surface area contributed by atoms with Crippen LogP contribution in [0.1, 0.15) is 63.9 Å². The van der Waals surface area contributed by atoms with E-state index >= 15 is 0 Å². The van der Waals surface area contributed by atoms with Crippen molar-refractivity contribution in [2.75, 3.05) is 0 Å². The number of nitrogens with two attached hydrogens (primary N) is 1. The van der Waals surface area contributed by atoms with Gasteiger partial charge in [0.15, 0.2) is 0 Å². The van der Waals surface area contributed by atoms with Crippen LogP contribution in [0.3, 0.4) is 0 Å². The number of hydrogen-bond donors (Lipinski definition) is 1. The van der Waals surface area contributed by atoms with Crippen molar-refractivity contribution in [2.24, 2.45) is 5.73 Å². The zero-order valence-electron chi connectivity index (χ0n) is 12.5. The van der Waals surface area contributed by atoms with Gasteiger partial charge in [-0.05, 0) is 25.0 Å². The molecule has 0 saturated carbocycles. The van der Waals surface area contributed by atoms with E-state index < -0.39 is 0 Å². The first kappa shape index (κ1) is 17.5. The van der Waals surface area contributed by atoms with Crippen LogP contribution in [0.15, 0.2) is 18.2 Å². The average molecular weight is 300 g/mol. The van der Waals surface area contributed by atoms with Crippen LogP contribution in [0, 0.1) is 5.82 Å². The number of unbranched alkanes of at least 4 members (excludes halogenated alkanes) is 6. The molecule has 1 nitrogen and oxygen atoms in total. The van der Waals surface area contributed by atoms with Crippen molar-refractivity contribution in [3.05, 3.63) is 34.6 Å². The van der Waals surface area contributed by atoms with Gasteiger partial charge < -0.3 is 5.73 Å². The van der Waals surface area contributed by atoms with E-state index in [1.807, 2.05) is 0 Å². The highest BCUT2D eigenvalue weighted by Crippen LogP contribution is 2.21. The molecule has 0 aliphatic carbocycles. The summed E-state index contributed by atoms with van der Waals surface area (Å²) in [6.45, 7) is 2.23. The Bertz CT molecular complexity index is 361. The normalized spacial score (nSPS) is 12.6. The van der Waals surface area contributed by atoms with Crippen LogP contribution in [-0.2, 0) is 6.42 Å². The van der Waals surface area contributed by atoms with Gasteiger partial charge in [-0.2, -0.15) is 0 Å². The van der Waals surface area contributed by atoms with Crippen molar-refractivity contribution in [1.29, 1.82) is 0 Å². The van der Waals surface area contributed by atoms with Gasteiger partial charge in [0.2, 0.25) is 0 Å². The summed E-state index contributed by atoms with van der Waals surface area (Å²) >= 11 is 6.01. The van der Waals surface area contributed by atoms with Crippen molar-refractivity contribution in [3.8, 4) is 0 Å². The number of rotatable bonds is 10. The summed E-state index contributed by atoms with van der Waals surface area (Å²) in [6, 6.07) is 4.80. The Labute approximate surface area is 127 Å². The van der Waals surface area contributed by atoms with Gasteiger partial charge in [-0.25, -0.2) is 4.39 Å². The van der Waals surface area contributed by atoms with E-state index in [0.29, 0.717) is 17.0 Å². The van der Waals surface area contributed by atoms with Crippen molar-refractivity contribution >= 4 is 11.6 Å². The van der Waals surface area contributed by atoms with Crippen LogP contribution in [-0.4, -0.2) is 6.04 Å². The second kappa shape index (κ2) is 10.2. The molecule has 0 aliphatic rings. The van der Waals surface area contributed by atoms with E-state index in [0.717, 1.165) is 12.8 Å². The standard InChI is InChI=1S/C17H27ClFN/c1-2-3-4-5-6-7-8-10-14(20)13-15-16(18)11-9-12-17(15)19/h9,11-12,14H,2-8,10,13,20H2,1H3. The number of hydrogen-bond acceptors (Lipinski definition) is 1. The zero-order chi connectivity index (χ0) is 14.8. The minimum absolute atomic E-state index is 0.0000387. The maximum absolute atomic E-state index is 13.6. The molecular formula is C17H27ClFN. The molecule has 0 spiro atoms. The molecule has 114 valence electrons. The third-order valence-electron chi connectivity index (χ3n) is 3.71. The second-order valence-corrected chi connectivity index (χ2v) is 5.98. The first-order valence-corrected chi connectivity index (χ1v) is 8.21. The summed E-state index contributed by atoms with van der Waals surface area (Å²) in [5.74, 6) is -0.243. The summed E-state index contributed by atoms with van der Waals surface area (Å²) in [7, 11) is 0. The summed E-state index contributed by atoms with van der Waals surface area (Å²) in [6.07, 6.45) is 10.4. The van der Waals surface area contributed by atoms with Gasteiger partial charge in [0, 0.05) is 16.6 Å². The molecule has 1 unspecified atom stereocenters. The molecular weight excluding hydrogens is 273 g/mol. The van der Waals surface area contributed by atoms with Gasteiger partial charge in [-0.1, -0.05) is 69.5 Å². The molecule has 1 rings (SSSR count). The van der Waals surface area contributed by atoms with Crippen LogP contribution in [0.2, 0.25) is 5.02 Å². The summed E-state index contributed by atoms with van der Waals surface area (Å²) in [5, 5.41) is 0.486. The lowest BCUT2D eigenvalue weighted by Crippen LogP contribution is -2.23. The fourth-order valence-corrected chi connectivity index (χ4v) is 2.70. The molecule has 0 aromatic heterocycles. The third kappa shape index (κ3) is 6.71. The molecule has 0 radical (unpaired) electrons. The predicted octanol–water partition coefficient (Wildman–Crippen LogP) is 5.49. The first-order chi connectivity index (χ1) is 9.65. The third-order valence-corrected chi connectivity index (χ3v) is 4.06.